The summed E-state index contributed by atoms with van der Waals surface area (Å²) in [6.07, 6.45) is 3.64. The van der Waals surface area contributed by atoms with Crippen molar-refractivity contribution in [3.05, 3.63) is 48.2 Å². The minimum absolute atomic E-state index is 0.0724. The number of nitrogens with one attached hydrogen (secondary N) is 2. The standard InChI is InChI=1S/C27H32F3N4OPS.C2H6/c1-33-15-11-20(12-16-33)32-22-8-6-14-34-24(22)17-19(26(34)37-27(28,29)30)7-5-13-31-23-10-9-21(36(3)4)18-25(23)35-2;1-2/h6,8-10,14,17-18,20,31-32H,11-13,15-16H2,1-4H3;1-2H3. The van der Waals surface area contributed by atoms with E-state index in [2.05, 4.69) is 53.8 Å². The van der Waals surface area contributed by atoms with Gasteiger partial charge in [-0.05, 0) is 81.9 Å². The maximum Gasteiger partial charge on any atom is 0.447 e. The molecule has 0 spiro atoms. The molecule has 0 aliphatic carbocycles. The fraction of sp³-hybridized carbons (Fsp3) is 0.448. The van der Waals surface area contributed by atoms with E-state index in [0.717, 1.165) is 43.1 Å². The second kappa shape index (κ2) is 14.2. The van der Waals surface area contributed by atoms with Crippen molar-refractivity contribution in [3.8, 4) is 17.6 Å². The van der Waals surface area contributed by atoms with Crippen molar-refractivity contribution in [1.29, 1.82) is 0 Å². The molecule has 5 nitrogen and oxygen atoms in total. The molecule has 0 radical (unpaired) electrons. The van der Waals surface area contributed by atoms with Gasteiger partial charge >= 0.3 is 5.51 Å². The van der Waals surface area contributed by atoms with Crippen LogP contribution in [0.5, 0.6) is 5.75 Å². The zero-order valence-electron chi connectivity index (χ0n) is 23.4. The Hall–Kier alpha value is -2.53. The first kappa shape index (κ1) is 31.0. The highest BCUT2D eigenvalue weighted by molar-refractivity contribution is 8.00. The lowest BCUT2D eigenvalue weighted by Gasteiger charge is -2.30. The Kier molecular flexibility index (Phi) is 11.3. The molecule has 4 rings (SSSR count). The molecule has 0 bridgehead atoms. The van der Waals surface area contributed by atoms with E-state index in [-0.39, 0.29) is 37.3 Å². The molecule has 39 heavy (non-hydrogen) atoms. The number of methoxy groups -OCH3 is 1. The molecule has 0 amide bonds. The van der Waals surface area contributed by atoms with Crippen LogP contribution >= 0.6 is 19.7 Å². The quantitative estimate of drug-likeness (QED) is 0.181. The number of anilines is 2. The van der Waals surface area contributed by atoms with Gasteiger partial charge in [-0.2, -0.15) is 13.2 Å². The summed E-state index contributed by atoms with van der Waals surface area (Å²) in [6.45, 7) is 10.6. The molecule has 1 aromatic carbocycles. The average molecular weight is 579 g/mol. The summed E-state index contributed by atoms with van der Waals surface area (Å²) in [7, 11) is 3.47. The minimum Gasteiger partial charge on any atom is -0.495 e. The van der Waals surface area contributed by atoms with Crippen molar-refractivity contribution < 1.29 is 17.9 Å². The fourth-order valence-electron chi connectivity index (χ4n) is 4.35. The second-order valence-corrected chi connectivity index (χ2v) is 12.6. The van der Waals surface area contributed by atoms with Crippen LogP contribution < -0.4 is 20.7 Å². The van der Waals surface area contributed by atoms with Crippen LogP contribution in [0.4, 0.5) is 24.5 Å². The molecule has 2 aromatic heterocycles. The molecule has 10 heteroatoms. The Morgan fingerprint density at radius 3 is 2.46 bits per heavy atom. The highest BCUT2D eigenvalue weighted by Gasteiger charge is 2.32. The average Bonchev–Trinajstić information content (AvgIpc) is 3.25. The van der Waals surface area contributed by atoms with Crippen LogP contribution in [0.25, 0.3) is 5.52 Å². The van der Waals surface area contributed by atoms with Gasteiger partial charge in [0.2, 0.25) is 0 Å². The predicted octanol–water partition coefficient (Wildman–Crippen LogP) is 6.92. The maximum atomic E-state index is 13.5. The third kappa shape index (κ3) is 8.48. The molecule has 1 fully saturated rings. The largest absolute Gasteiger partial charge is 0.495 e. The van der Waals surface area contributed by atoms with Crippen LogP contribution in [0.3, 0.4) is 0 Å². The lowest BCUT2D eigenvalue weighted by Crippen LogP contribution is -2.36. The van der Waals surface area contributed by atoms with Gasteiger partial charge in [0.25, 0.3) is 0 Å². The molecule has 1 aliphatic heterocycles. The number of hydrogen-bond donors (Lipinski definition) is 2. The number of hydrogen-bond acceptors (Lipinski definition) is 5. The predicted molar refractivity (Wildman–Crippen MR) is 162 cm³/mol. The Balaban J connectivity index is 0.00000205. The number of halogens is 3. The first-order valence-corrected chi connectivity index (χ1v) is 16.1. The van der Waals surface area contributed by atoms with E-state index in [1.54, 1.807) is 29.8 Å². The van der Waals surface area contributed by atoms with Crippen molar-refractivity contribution in [2.45, 2.75) is 43.3 Å². The van der Waals surface area contributed by atoms with E-state index in [9.17, 15) is 13.2 Å². The normalized spacial score (nSPS) is 14.4. The Labute approximate surface area is 235 Å². The van der Waals surface area contributed by atoms with Crippen LogP contribution in [-0.2, 0) is 0 Å². The summed E-state index contributed by atoms with van der Waals surface area (Å²) in [6, 6.07) is 11.8. The number of fused-ring (bicyclic) bond motifs is 1. The number of likely N-dealkylation sites (tertiary alicyclic amines) is 1. The Morgan fingerprint density at radius 2 is 1.82 bits per heavy atom. The molecular formula is C29H38F3N4OPS. The molecule has 0 atom stereocenters. The van der Waals surface area contributed by atoms with Crippen molar-refractivity contribution in [2.75, 3.05) is 57.8 Å². The van der Waals surface area contributed by atoms with Gasteiger partial charge in [0.1, 0.15) is 10.8 Å². The zero-order valence-corrected chi connectivity index (χ0v) is 25.2. The van der Waals surface area contributed by atoms with Gasteiger partial charge < -0.3 is 24.7 Å². The van der Waals surface area contributed by atoms with Gasteiger partial charge in [0, 0.05) is 24.0 Å². The van der Waals surface area contributed by atoms with E-state index >= 15 is 0 Å². The molecule has 3 heterocycles. The summed E-state index contributed by atoms with van der Waals surface area (Å²) >= 11 is -0.129. The first-order chi connectivity index (χ1) is 18.6. The Morgan fingerprint density at radius 1 is 1.10 bits per heavy atom. The van der Waals surface area contributed by atoms with Crippen molar-refractivity contribution in [1.82, 2.24) is 9.30 Å². The monoisotopic (exact) mass is 578 g/mol. The Bertz CT molecular complexity index is 1290. The van der Waals surface area contributed by atoms with E-state index in [0.29, 0.717) is 11.1 Å². The van der Waals surface area contributed by atoms with E-state index < -0.39 is 5.51 Å². The molecule has 1 saturated heterocycles. The smallest absolute Gasteiger partial charge is 0.447 e. The molecule has 0 saturated carbocycles. The summed E-state index contributed by atoms with van der Waals surface area (Å²) in [5.74, 6) is 6.70. The first-order valence-electron chi connectivity index (χ1n) is 13.1. The minimum atomic E-state index is -4.42. The fourth-order valence-corrected chi connectivity index (χ4v) is 5.80. The summed E-state index contributed by atoms with van der Waals surface area (Å²) < 4.78 is 47.5. The van der Waals surface area contributed by atoms with Crippen molar-refractivity contribution >= 4 is 41.9 Å². The number of alkyl halides is 3. The third-order valence-corrected chi connectivity index (χ3v) is 8.50. The summed E-state index contributed by atoms with van der Waals surface area (Å²) in [5.41, 5.74) is -1.75. The molecule has 3 aromatic rings. The second-order valence-electron chi connectivity index (χ2n) is 9.24. The topological polar surface area (TPSA) is 40.9 Å². The van der Waals surface area contributed by atoms with Gasteiger partial charge in [-0.3, -0.25) is 0 Å². The van der Waals surface area contributed by atoms with Crippen LogP contribution in [0.2, 0.25) is 0 Å². The number of aromatic nitrogens is 1. The van der Waals surface area contributed by atoms with Crippen LogP contribution in [0.15, 0.2) is 47.6 Å². The summed E-state index contributed by atoms with van der Waals surface area (Å²) in [4.78, 5) is 2.28. The van der Waals surface area contributed by atoms with E-state index in [1.807, 2.05) is 32.0 Å². The maximum absolute atomic E-state index is 13.5. The number of piperidine rings is 1. The number of pyridine rings is 1. The SMILES string of the molecule is CC.COc1cc(P(C)C)ccc1NCC#Cc1cc2c(NC3CCN(C)CC3)cccn2c1SC(F)(F)F. The van der Waals surface area contributed by atoms with Gasteiger partial charge in [-0.15, -0.1) is 0 Å². The third-order valence-electron chi connectivity index (χ3n) is 6.35. The number of ether oxygens (including phenoxy) is 1. The van der Waals surface area contributed by atoms with E-state index in [1.165, 1.54) is 5.30 Å². The molecular weight excluding hydrogens is 540 g/mol. The highest BCUT2D eigenvalue weighted by atomic mass is 32.2. The molecule has 0 unspecified atom stereocenters. The van der Waals surface area contributed by atoms with Crippen molar-refractivity contribution in [3.63, 3.8) is 0 Å². The highest BCUT2D eigenvalue weighted by Crippen LogP contribution is 2.40. The number of nitrogens with zero attached hydrogens (tertiary/aromatic N) is 2. The number of rotatable bonds is 7. The number of thioether (sulfide) groups is 1. The lowest BCUT2D eigenvalue weighted by molar-refractivity contribution is -0.0329. The zero-order chi connectivity index (χ0) is 28.6. The molecule has 212 valence electrons. The lowest BCUT2D eigenvalue weighted by atomic mass is 10.1. The van der Waals surface area contributed by atoms with E-state index in [4.69, 9.17) is 4.74 Å². The van der Waals surface area contributed by atoms with Gasteiger partial charge in [-0.1, -0.05) is 39.7 Å². The van der Waals surface area contributed by atoms with Crippen LogP contribution in [-0.4, -0.2) is 68.0 Å². The van der Waals surface area contributed by atoms with Gasteiger partial charge in [-0.25, -0.2) is 0 Å². The van der Waals surface area contributed by atoms with Gasteiger partial charge in [0.05, 0.1) is 36.1 Å². The summed E-state index contributed by atoms with van der Waals surface area (Å²) in [5, 5.41) is 8.08. The van der Waals surface area contributed by atoms with Crippen LogP contribution in [0.1, 0.15) is 32.3 Å². The molecule has 1 aliphatic rings. The number of benzene rings is 1. The molecule has 2 N–H and O–H groups in total. The van der Waals surface area contributed by atoms with Crippen molar-refractivity contribution in [2.24, 2.45) is 0 Å². The van der Waals surface area contributed by atoms with Crippen LogP contribution in [0, 0.1) is 11.8 Å². The van der Waals surface area contributed by atoms with Gasteiger partial charge in [0.15, 0.2) is 0 Å².